The Kier molecular flexibility index (Phi) is 5.51. The molecule has 22 heavy (non-hydrogen) atoms. The van der Waals surface area contributed by atoms with Gasteiger partial charge in [-0.25, -0.2) is 4.98 Å². The van der Waals surface area contributed by atoms with Gasteiger partial charge in [0.2, 0.25) is 0 Å². The molecule has 118 valence electrons. The number of thiazole rings is 1. The lowest BCUT2D eigenvalue weighted by Gasteiger charge is -2.19. The Balaban J connectivity index is 2.09. The predicted molar refractivity (Wildman–Crippen MR) is 89.6 cm³/mol. The third-order valence-electron chi connectivity index (χ3n) is 3.51. The molecule has 1 atom stereocenters. The summed E-state index contributed by atoms with van der Waals surface area (Å²) in [7, 11) is 5.60. The topological polar surface area (TPSA) is 54.5 Å². The number of methoxy groups -OCH3 is 1. The highest BCUT2D eigenvalue weighted by Gasteiger charge is 2.15. The summed E-state index contributed by atoms with van der Waals surface area (Å²) in [6.07, 6.45) is 0. The van der Waals surface area contributed by atoms with Gasteiger partial charge >= 0.3 is 0 Å². The highest BCUT2D eigenvalue weighted by Crippen LogP contribution is 2.31. The molecule has 1 unspecified atom stereocenters. The van der Waals surface area contributed by atoms with Gasteiger partial charge in [0.1, 0.15) is 16.5 Å². The number of aromatic nitrogens is 1. The van der Waals surface area contributed by atoms with Crippen LogP contribution in [0.4, 0.5) is 0 Å². The van der Waals surface area contributed by atoms with E-state index in [4.69, 9.17) is 4.74 Å². The summed E-state index contributed by atoms with van der Waals surface area (Å²) in [5.41, 5.74) is 1.34. The Morgan fingerprint density at radius 1 is 1.41 bits per heavy atom. The number of benzene rings is 1. The van der Waals surface area contributed by atoms with Crippen LogP contribution in [0.15, 0.2) is 29.6 Å². The lowest BCUT2D eigenvalue weighted by Crippen LogP contribution is -2.38. The Morgan fingerprint density at radius 2 is 2.14 bits per heavy atom. The van der Waals surface area contributed by atoms with E-state index < -0.39 is 0 Å². The van der Waals surface area contributed by atoms with E-state index in [1.54, 1.807) is 12.5 Å². The van der Waals surface area contributed by atoms with Crippen molar-refractivity contribution >= 4 is 17.2 Å². The molecule has 1 heterocycles. The van der Waals surface area contributed by atoms with Gasteiger partial charge in [0.15, 0.2) is 0 Å². The molecule has 5 nitrogen and oxygen atoms in total. The number of carbonyl (C=O) groups excluding carboxylic acids is 1. The summed E-state index contributed by atoms with van der Waals surface area (Å²) in [5.74, 6) is 0.608. The molecule has 0 saturated carbocycles. The standard InChI is InChI=1S/C16H21N3O2S/c1-11(19(2)3)9-17-15(20)13-10-22-16(18-13)12-7-5-6-8-14(12)21-4/h5-8,10-11H,9H2,1-4H3,(H,17,20). The van der Waals surface area contributed by atoms with Gasteiger partial charge in [-0.3, -0.25) is 4.79 Å². The summed E-state index contributed by atoms with van der Waals surface area (Å²) in [4.78, 5) is 18.6. The van der Waals surface area contributed by atoms with Crippen LogP contribution in [-0.4, -0.2) is 49.6 Å². The minimum absolute atomic E-state index is 0.147. The smallest absolute Gasteiger partial charge is 0.270 e. The third kappa shape index (κ3) is 3.84. The normalized spacial score (nSPS) is 12.2. The number of likely N-dealkylation sites (N-methyl/N-ethyl adjacent to an activating group) is 1. The van der Waals surface area contributed by atoms with Crippen molar-refractivity contribution in [1.82, 2.24) is 15.2 Å². The second-order valence-corrected chi connectivity index (χ2v) is 6.12. The van der Waals surface area contributed by atoms with E-state index in [1.807, 2.05) is 38.4 Å². The van der Waals surface area contributed by atoms with Crippen molar-refractivity contribution in [3.05, 3.63) is 35.3 Å². The van der Waals surface area contributed by atoms with Gasteiger partial charge in [-0.05, 0) is 33.2 Å². The van der Waals surface area contributed by atoms with Crippen LogP contribution in [0.25, 0.3) is 10.6 Å². The minimum Gasteiger partial charge on any atom is -0.496 e. The van der Waals surface area contributed by atoms with Crippen molar-refractivity contribution in [2.45, 2.75) is 13.0 Å². The van der Waals surface area contributed by atoms with Crippen molar-refractivity contribution in [3.8, 4) is 16.3 Å². The number of hydrogen-bond acceptors (Lipinski definition) is 5. The molecule has 1 aromatic carbocycles. The molecule has 1 aromatic heterocycles. The number of nitrogens with zero attached hydrogens (tertiary/aromatic N) is 2. The summed E-state index contributed by atoms with van der Waals surface area (Å²) in [6, 6.07) is 7.93. The summed E-state index contributed by atoms with van der Waals surface area (Å²) in [5, 5.41) is 5.46. The Morgan fingerprint density at radius 3 is 2.82 bits per heavy atom. The van der Waals surface area contributed by atoms with Gasteiger partial charge in [-0.2, -0.15) is 0 Å². The summed E-state index contributed by atoms with van der Waals surface area (Å²) < 4.78 is 5.34. The first-order valence-electron chi connectivity index (χ1n) is 7.06. The largest absolute Gasteiger partial charge is 0.496 e. The van der Waals surface area contributed by atoms with Gasteiger partial charge in [0, 0.05) is 18.0 Å². The van der Waals surface area contributed by atoms with Crippen LogP contribution in [0, 0.1) is 0 Å². The molecule has 0 aliphatic carbocycles. The zero-order chi connectivity index (χ0) is 16.1. The molecule has 1 amide bonds. The van der Waals surface area contributed by atoms with Crippen LogP contribution < -0.4 is 10.1 Å². The third-order valence-corrected chi connectivity index (χ3v) is 4.39. The lowest BCUT2D eigenvalue weighted by molar-refractivity contribution is 0.0939. The second-order valence-electron chi connectivity index (χ2n) is 5.26. The molecule has 0 bridgehead atoms. The van der Waals surface area contributed by atoms with E-state index in [-0.39, 0.29) is 11.9 Å². The number of nitrogens with one attached hydrogen (secondary N) is 1. The number of amides is 1. The average molecular weight is 319 g/mol. The fraction of sp³-hybridized carbons (Fsp3) is 0.375. The van der Waals surface area contributed by atoms with Crippen LogP contribution in [0.5, 0.6) is 5.75 Å². The fourth-order valence-electron chi connectivity index (χ4n) is 1.84. The molecule has 2 aromatic rings. The molecule has 6 heteroatoms. The second kappa shape index (κ2) is 7.38. The van der Waals surface area contributed by atoms with Crippen molar-refractivity contribution in [1.29, 1.82) is 0 Å². The van der Waals surface area contributed by atoms with E-state index in [0.717, 1.165) is 16.3 Å². The molecule has 0 spiro atoms. The van der Waals surface area contributed by atoms with Crippen LogP contribution in [0.2, 0.25) is 0 Å². The first-order chi connectivity index (χ1) is 10.5. The Labute approximate surface area is 134 Å². The molecule has 1 N–H and O–H groups in total. The number of ether oxygens (including phenoxy) is 1. The molecule has 0 saturated heterocycles. The first kappa shape index (κ1) is 16.5. The highest BCUT2D eigenvalue weighted by molar-refractivity contribution is 7.13. The SMILES string of the molecule is COc1ccccc1-c1nc(C(=O)NCC(C)N(C)C)cs1. The van der Waals surface area contributed by atoms with Crippen molar-refractivity contribution in [2.75, 3.05) is 27.7 Å². The number of hydrogen-bond donors (Lipinski definition) is 1. The summed E-state index contributed by atoms with van der Waals surface area (Å²) >= 11 is 1.44. The average Bonchev–Trinajstić information content (AvgIpc) is 3.01. The van der Waals surface area contributed by atoms with Gasteiger partial charge in [-0.1, -0.05) is 12.1 Å². The zero-order valence-electron chi connectivity index (χ0n) is 13.3. The van der Waals surface area contributed by atoms with Gasteiger partial charge in [0.25, 0.3) is 5.91 Å². The molecular weight excluding hydrogens is 298 g/mol. The van der Waals surface area contributed by atoms with Crippen LogP contribution >= 0.6 is 11.3 Å². The quantitative estimate of drug-likeness (QED) is 0.889. The monoisotopic (exact) mass is 319 g/mol. The van der Waals surface area contributed by atoms with Crippen molar-refractivity contribution in [2.24, 2.45) is 0 Å². The minimum atomic E-state index is -0.147. The number of carbonyl (C=O) groups is 1. The maximum atomic E-state index is 12.2. The Hall–Kier alpha value is -1.92. The molecule has 0 fully saturated rings. The molecule has 0 aliphatic heterocycles. The van der Waals surface area contributed by atoms with E-state index in [1.165, 1.54) is 11.3 Å². The van der Waals surface area contributed by atoms with Crippen molar-refractivity contribution in [3.63, 3.8) is 0 Å². The van der Waals surface area contributed by atoms with Gasteiger partial charge in [-0.15, -0.1) is 11.3 Å². The van der Waals surface area contributed by atoms with E-state index >= 15 is 0 Å². The van der Waals surface area contributed by atoms with Crippen LogP contribution in [0.1, 0.15) is 17.4 Å². The molecule has 0 aliphatic rings. The maximum Gasteiger partial charge on any atom is 0.270 e. The van der Waals surface area contributed by atoms with E-state index in [0.29, 0.717) is 12.2 Å². The Bertz CT molecular complexity index is 640. The maximum absolute atomic E-state index is 12.2. The van der Waals surface area contributed by atoms with Crippen LogP contribution in [-0.2, 0) is 0 Å². The fourth-order valence-corrected chi connectivity index (χ4v) is 2.67. The highest BCUT2D eigenvalue weighted by atomic mass is 32.1. The zero-order valence-corrected chi connectivity index (χ0v) is 14.1. The molecule has 0 radical (unpaired) electrons. The van der Waals surface area contributed by atoms with Crippen LogP contribution in [0.3, 0.4) is 0 Å². The van der Waals surface area contributed by atoms with E-state index in [9.17, 15) is 4.79 Å². The van der Waals surface area contributed by atoms with Crippen molar-refractivity contribution < 1.29 is 9.53 Å². The first-order valence-corrected chi connectivity index (χ1v) is 7.94. The van der Waals surface area contributed by atoms with E-state index in [2.05, 4.69) is 22.1 Å². The number of rotatable bonds is 6. The summed E-state index contributed by atoms with van der Waals surface area (Å²) in [6.45, 7) is 2.65. The lowest BCUT2D eigenvalue weighted by atomic mass is 10.2. The molecule has 2 rings (SSSR count). The van der Waals surface area contributed by atoms with Gasteiger partial charge < -0.3 is 15.0 Å². The molecular formula is C16H21N3O2S. The number of para-hydroxylation sites is 1. The predicted octanol–water partition coefficient (Wildman–Crippen LogP) is 2.50. The van der Waals surface area contributed by atoms with Gasteiger partial charge in [0.05, 0.1) is 12.7 Å².